The highest BCUT2D eigenvalue weighted by Gasteiger charge is 2.25. The number of benzene rings is 1. The zero-order chi connectivity index (χ0) is 23.0. The number of carbonyl (C=O) groups is 1. The summed E-state index contributed by atoms with van der Waals surface area (Å²) < 4.78 is 10.7. The SMILES string of the molecule is CCN(CC)c1ccc(/C=C2/CCC(/C=N/NC(=O)c3ccco3)=C2N2CCOCC2)cc1. The van der Waals surface area contributed by atoms with E-state index in [1.165, 1.54) is 28.8 Å². The number of nitrogens with zero attached hydrogens (tertiary/aromatic N) is 3. The van der Waals surface area contributed by atoms with Crippen LogP contribution < -0.4 is 10.3 Å². The van der Waals surface area contributed by atoms with Crippen LogP contribution in [0.4, 0.5) is 5.69 Å². The minimum atomic E-state index is -0.355. The first-order valence-electron chi connectivity index (χ1n) is 11.7. The van der Waals surface area contributed by atoms with Crippen molar-refractivity contribution in [2.24, 2.45) is 5.10 Å². The Balaban J connectivity index is 1.56. The zero-order valence-corrected chi connectivity index (χ0v) is 19.4. The lowest BCUT2D eigenvalue weighted by atomic mass is 10.1. The van der Waals surface area contributed by atoms with Gasteiger partial charge in [-0.2, -0.15) is 5.10 Å². The molecule has 0 spiro atoms. The van der Waals surface area contributed by atoms with E-state index < -0.39 is 0 Å². The molecular formula is C26H32N4O3. The lowest BCUT2D eigenvalue weighted by molar-refractivity contribution is 0.0548. The van der Waals surface area contributed by atoms with E-state index in [9.17, 15) is 4.79 Å². The number of rotatable bonds is 8. The van der Waals surface area contributed by atoms with Crippen LogP contribution in [0.1, 0.15) is 42.8 Å². The third-order valence-electron chi connectivity index (χ3n) is 6.09. The van der Waals surface area contributed by atoms with E-state index in [0.29, 0.717) is 0 Å². The molecule has 1 aromatic heterocycles. The van der Waals surface area contributed by atoms with Gasteiger partial charge in [0.05, 0.1) is 25.7 Å². The van der Waals surface area contributed by atoms with Crippen molar-refractivity contribution in [3.63, 3.8) is 0 Å². The van der Waals surface area contributed by atoms with E-state index >= 15 is 0 Å². The Bertz CT molecular complexity index is 1010. The molecular weight excluding hydrogens is 416 g/mol. The van der Waals surface area contributed by atoms with Crippen molar-refractivity contribution in [1.29, 1.82) is 0 Å². The van der Waals surface area contributed by atoms with E-state index in [1.54, 1.807) is 18.3 Å². The molecule has 7 heteroatoms. The van der Waals surface area contributed by atoms with Gasteiger partial charge in [0.2, 0.25) is 0 Å². The van der Waals surface area contributed by atoms with Crippen molar-refractivity contribution >= 4 is 23.9 Å². The van der Waals surface area contributed by atoms with E-state index in [-0.39, 0.29) is 11.7 Å². The zero-order valence-electron chi connectivity index (χ0n) is 19.4. The molecule has 0 atom stereocenters. The third-order valence-corrected chi connectivity index (χ3v) is 6.09. The van der Waals surface area contributed by atoms with E-state index in [0.717, 1.165) is 57.8 Å². The van der Waals surface area contributed by atoms with Gasteiger partial charge in [-0.25, -0.2) is 5.43 Å². The average molecular weight is 449 g/mol. The first-order chi connectivity index (χ1) is 16.2. The standard InChI is InChI=1S/C26H32N4O3/c1-3-29(4-2)23-11-7-20(8-12-23)18-21-9-10-22(25(21)30-13-16-32-17-14-30)19-27-28-26(31)24-6-5-15-33-24/h5-8,11-12,15,18-19H,3-4,9-10,13-14,16-17H2,1-2H3,(H,28,31)/b21-18-,27-19+. The van der Waals surface area contributed by atoms with Gasteiger partial charge in [-0.1, -0.05) is 12.1 Å². The summed E-state index contributed by atoms with van der Waals surface area (Å²) in [6, 6.07) is 12.1. The van der Waals surface area contributed by atoms with Crippen LogP contribution in [0, 0.1) is 0 Å². The third kappa shape index (κ3) is 5.54. The van der Waals surface area contributed by atoms with Crippen LogP contribution in [0.15, 0.2) is 69.0 Å². The van der Waals surface area contributed by atoms with E-state index in [4.69, 9.17) is 9.15 Å². The van der Waals surface area contributed by atoms with Crippen molar-refractivity contribution in [1.82, 2.24) is 10.3 Å². The second kappa shape index (κ2) is 11.0. The molecule has 1 saturated heterocycles. The molecule has 2 aromatic rings. The smallest absolute Gasteiger partial charge is 0.307 e. The fourth-order valence-electron chi connectivity index (χ4n) is 4.37. The summed E-state index contributed by atoms with van der Waals surface area (Å²) in [5.74, 6) is -0.110. The number of allylic oxidation sites excluding steroid dienone is 2. The van der Waals surface area contributed by atoms with Crippen molar-refractivity contribution in [2.75, 3.05) is 44.3 Å². The van der Waals surface area contributed by atoms with Crippen LogP contribution in [-0.4, -0.2) is 56.4 Å². The number of anilines is 1. The summed E-state index contributed by atoms with van der Waals surface area (Å²) in [6.45, 7) is 9.49. The molecule has 1 aliphatic carbocycles. The summed E-state index contributed by atoms with van der Waals surface area (Å²) >= 11 is 0. The maximum absolute atomic E-state index is 12.1. The maximum Gasteiger partial charge on any atom is 0.307 e. The van der Waals surface area contributed by atoms with Crippen LogP contribution in [0.2, 0.25) is 0 Å². The molecule has 0 bridgehead atoms. The van der Waals surface area contributed by atoms with Crippen LogP contribution >= 0.6 is 0 Å². The van der Waals surface area contributed by atoms with Gasteiger partial charge in [0, 0.05) is 37.6 Å². The molecule has 174 valence electrons. The minimum Gasteiger partial charge on any atom is -0.459 e. The van der Waals surface area contributed by atoms with Gasteiger partial charge in [-0.3, -0.25) is 4.79 Å². The molecule has 7 nitrogen and oxygen atoms in total. The lowest BCUT2D eigenvalue weighted by Crippen LogP contribution is -2.36. The predicted octanol–water partition coefficient (Wildman–Crippen LogP) is 4.31. The number of furan rings is 1. The molecule has 1 amide bonds. The van der Waals surface area contributed by atoms with Crippen molar-refractivity contribution in [3.8, 4) is 0 Å². The summed E-state index contributed by atoms with van der Waals surface area (Å²) in [4.78, 5) is 16.8. The molecule has 1 aliphatic heterocycles. The Kier molecular flexibility index (Phi) is 7.62. The minimum absolute atomic E-state index is 0.245. The summed E-state index contributed by atoms with van der Waals surface area (Å²) in [5.41, 5.74) is 8.64. The lowest BCUT2D eigenvalue weighted by Gasteiger charge is -2.31. The Morgan fingerprint density at radius 1 is 1.12 bits per heavy atom. The number of carbonyl (C=O) groups excluding carboxylic acids is 1. The number of nitrogens with one attached hydrogen (secondary N) is 1. The molecule has 4 rings (SSSR count). The maximum atomic E-state index is 12.1. The molecule has 0 unspecified atom stereocenters. The molecule has 1 aromatic carbocycles. The van der Waals surface area contributed by atoms with E-state index in [2.05, 4.69) is 64.5 Å². The normalized spacial score (nSPS) is 17.9. The number of hydrogen-bond acceptors (Lipinski definition) is 6. The number of ether oxygens (including phenoxy) is 1. The summed E-state index contributed by atoms with van der Waals surface area (Å²) in [7, 11) is 0. The first-order valence-corrected chi connectivity index (χ1v) is 11.7. The highest BCUT2D eigenvalue weighted by atomic mass is 16.5. The van der Waals surface area contributed by atoms with Crippen molar-refractivity contribution in [3.05, 3.63) is 70.8 Å². The predicted molar refractivity (Wildman–Crippen MR) is 131 cm³/mol. The van der Waals surface area contributed by atoms with Gasteiger partial charge >= 0.3 is 5.91 Å². The van der Waals surface area contributed by atoms with Crippen LogP contribution in [0.25, 0.3) is 6.08 Å². The highest BCUT2D eigenvalue weighted by Crippen LogP contribution is 2.35. The Morgan fingerprint density at radius 2 is 1.88 bits per heavy atom. The quantitative estimate of drug-likeness (QED) is 0.482. The van der Waals surface area contributed by atoms with Gasteiger partial charge in [-0.05, 0) is 73.7 Å². The molecule has 0 saturated carbocycles. The van der Waals surface area contributed by atoms with Crippen LogP contribution in [-0.2, 0) is 4.74 Å². The van der Waals surface area contributed by atoms with Gasteiger partial charge in [-0.15, -0.1) is 0 Å². The Labute approximate surface area is 195 Å². The van der Waals surface area contributed by atoms with Gasteiger partial charge in [0.15, 0.2) is 5.76 Å². The fraction of sp³-hybridized carbons (Fsp3) is 0.385. The number of hydrogen-bond donors (Lipinski definition) is 1. The molecule has 0 radical (unpaired) electrons. The Morgan fingerprint density at radius 3 is 2.55 bits per heavy atom. The second-order valence-corrected chi connectivity index (χ2v) is 8.08. The monoisotopic (exact) mass is 448 g/mol. The van der Waals surface area contributed by atoms with Crippen LogP contribution in [0.5, 0.6) is 0 Å². The molecule has 33 heavy (non-hydrogen) atoms. The van der Waals surface area contributed by atoms with Crippen LogP contribution in [0.3, 0.4) is 0 Å². The number of morpholine rings is 1. The topological polar surface area (TPSA) is 70.3 Å². The number of hydrazone groups is 1. The Hall–Kier alpha value is -3.32. The van der Waals surface area contributed by atoms with Crippen molar-refractivity contribution < 1.29 is 13.9 Å². The van der Waals surface area contributed by atoms with Gasteiger partial charge in [0.1, 0.15) is 0 Å². The summed E-state index contributed by atoms with van der Waals surface area (Å²) in [5, 5.41) is 4.21. The number of amides is 1. The fourth-order valence-corrected chi connectivity index (χ4v) is 4.37. The second-order valence-electron chi connectivity index (χ2n) is 8.08. The molecule has 1 N–H and O–H groups in total. The average Bonchev–Trinajstić information content (AvgIpc) is 3.52. The largest absolute Gasteiger partial charge is 0.459 e. The van der Waals surface area contributed by atoms with Gasteiger partial charge in [0.25, 0.3) is 0 Å². The molecule has 2 heterocycles. The molecule has 2 aliphatic rings. The van der Waals surface area contributed by atoms with Crippen molar-refractivity contribution in [2.45, 2.75) is 26.7 Å². The van der Waals surface area contributed by atoms with Gasteiger partial charge < -0.3 is 19.0 Å². The van der Waals surface area contributed by atoms with E-state index in [1.807, 2.05) is 0 Å². The highest BCUT2D eigenvalue weighted by molar-refractivity contribution is 5.92. The molecule has 1 fully saturated rings. The summed E-state index contributed by atoms with van der Waals surface area (Å²) in [6.07, 6.45) is 7.35. The first kappa shape index (κ1) is 22.9.